The highest BCUT2D eigenvalue weighted by Gasteiger charge is 2.10. The summed E-state index contributed by atoms with van der Waals surface area (Å²) in [7, 11) is 1.62. The molecule has 0 saturated carbocycles. The average molecular weight is 327 g/mol. The Morgan fingerprint density at radius 2 is 1.92 bits per heavy atom. The molecule has 0 spiro atoms. The fourth-order valence-corrected chi connectivity index (χ4v) is 2.38. The molecule has 2 rings (SSSR count). The monoisotopic (exact) mass is 327 g/mol. The van der Waals surface area contributed by atoms with Crippen LogP contribution in [0.1, 0.15) is 28.4 Å². The van der Waals surface area contributed by atoms with Crippen molar-refractivity contribution in [2.45, 2.75) is 20.3 Å². The van der Waals surface area contributed by atoms with Gasteiger partial charge in [-0.15, -0.1) is 0 Å². The fourth-order valence-electron chi connectivity index (χ4n) is 2.38. The first-order valence-corrected chi connectivity index (χ1v) is 7.74. The summed E-state index contributed by atoms with van der Waals surface area (Å²) in [6.45, 7) is 4.00. The summed E-state index contributed by atoms with van der Waals surface area (Å²) >= 11 is 0. The normalized spacial score (nSPS) is 10.1. The Hall–Kier alpha value is -2.82. The smallest absolute Gasteiger partial charge is 0.338 e. The Bertz CT molecular complexity index is 740. The molecule has 1 N–H and O–H groups in total. The summed E-state index contributed by atoms with van der Waals surface area (Å²) in [5.41, 5.74) is 2.85. The number of esters is 1. The first-order valence-electron chi connectivity index (χ1n) is 7.74. The molecule has 24 heavy (non-hydrogen) atoms. The predicted octanol–water partition coefficient (Wildman–Crippen LogP) is 3.36. The Labute approximate surface area is 141 Å². The minimum absolute atomic E-state index is 0.152. The third-order valence-electron chi connectivity index (χ3n) is 3.48. The molecule has 0 aliphatic heterocycles. The number of methoxy groups -OCH3 is 1. The maximum absolute atomic E-state index is 12.2. The molecule has 2 aromatic carbocycles. The van der Waals surface area contributed by atoms with Crippen molar-refractivity contribution in [3.05, 3.63) is 59.2 Å². The zero-order chi connectivity index (χ0) is 17.5. The first kappa shape index (κ1) is 17.5. The highest BCUT2D eigenvalue weighted by molar-refractivity contribution is 5.95. The molecule has 5 nitrogen and oxygen atoms in total. The van der Waals surface area contributed by atoms with Crippen molar-refractivity contribution in [2.24, 2.45) is 0 Å². The maximum Gasteiger partial charge on any atom is 0.338 e. The standard InChI is InChI=1S/C19H21NO4/c1-4-24-19(22)15-6-5-7-16(12-15)20-18(21)11-14-8-9-17(23-3)13(2)10-14/h5-10,12H,4,11H2,1-3H3,(H,20,21). The zero-order valence-electron chi connectivity index (χ0n) is 14.1. The molecule has 0 fully saturated rings. The van der Waals surface area contributed by atoms with Gasteiger partial charge in [-0.2, -0.15) is 0 Å². The average Bonchev–Trinajstić information content (AvgIpc) is 2.55. The van der Waals surface area contributed by atoms with Gasteiger partial charge in [0.05, 0.1) is 25.7 Å². The fraction of sp³-hybridized carbons (Fsp3) is 0.263. The summed E-state index contributed by atoms with van der Waals surface area (Å²) < 4.78 is 10.2. The van der Waals surface area contributed by atoms with Crippen LogP contribution in [-0.4, -0.2) is 25.6 Å². The summed E-state index contributed by atoms with van der Waals surface area (Å²) in [6.07, 6.45) is 0.245. The van der Waals surface area contributed by atoms with Crippen LogP contribution in [0, 0.1) is 6.92 Å². The van der Waals surface area contributed by atoms with Gasteiger partial charge in [0.15, 0.2) is 0 Å². The van der Waals surface area contributed by atoms with Crippen molar-refractivity contribution < 1.29 is 19.1 Å². The van der Waals surface area contributed by atoms with Crippen molar-refractivity contribution in [3.8, 4) is 5.75 Å². The molecule has 2 aromatic rings. The number of hydrogen-bond donors (Lipinski definition) is 1. The SMILES string of the molecule is CCOC(=O)c1cccc(NC(=O)Cc2ccc(OC)c(C)c2)c1. The van der Waals surface area contributed by atoms with Crippen molar-refractivity contribution in [2.75, 3.05) is 19.0 Å². The maximum atomic E-state index is 12.2. The molecule has 0 aliphatic carbocycles. The van der Waals surface area contributed by atoms with Crippen LogP contribution in [0.25, 0.3) is 0 Å². The van der Waals surface area contributed by atoms with E-state index in [4.69, 9.17) is 9.47 Å². The number of aryl methyl sites for hydroxylation is 1. The van der Waals surface area contributed by atoms with Gasteiger partial charge >= 0.3 is 5.97 Å². The highest BCUT2D eigenvalue weighted by Crippen LogP contribution is 2.19. The molecule has 5 heteroatoms. The Morgan fingerprint density at radius 3 is 2.58 bits per heavy atom. The first-order chi connectivity index (χ1) is 11.5. The molecular weight excluding hydrogens is 306 g/mol. The molecular formula is C19H21NO4. The lowest BCUT2D eigenvalue weighted by Crippen LogP contribution is -2.15. The van der Waals surface area contributed by atoms with E-state index in [0.29, 0.717) is 17.9 Å². The number of anilines is 1. The minimum atomic E-state index is -0.403. The number of carbonyl (C=O) groups is 2. The van der Waals surface area contributed by atoms with Crippen molar-refractivity contribution in [3.63, 3.8) is 0 Å². The van der Waals surface area contributed by atoms with E-state index in [1.165, 1.54) is 0 Å². The summed E-state index contributed by atoms with van der Waals surface area (Å²) in [5, 5.41) is 2.80. The van der Waals surface area contributed by atoms with Gasteiger partial charge in [0.1, 0.15) is 5.75 Å². The summed E-state index contributed by atoms with van der Waals surface area (Å²) in [4.78, 5) is 23.9. The molecule has 1 amide bonds. The largest absolute Gasteiger partial charge is 0.496 e. The third-order valence-corrected chi connectivity index (χ3v) is 3.48. The number of hydrogen-bond acceptors (Lipinski definition) is 4. The van der Waals surface area contributed by atoms with Gasteiger partial charge in [-0.3, -0.25) is 4.79 Å². The molecule has 0 atom stereocenters. The van der Waals surface area contributed by atoms with E-state index in [1.54, 1.807) is 38.3 Å². The lowest BCUT2D eigenvalue weighted by molar-refractivity contribution is -0.115. The van der Waals surface area contributed by atoms with E-state index in [-0.39, 0.29) is 12.3 Å². The Balaban J connectivity index is 2.03. The third kappa shape index (κ3) is 4.59. The molecule has 0 aliphatic rings. The van der Waals surface area contributed by atoms with Gasteiger partial charge in [0, 0.05) is 5.69 Å². The van der Waals surface area contributed by atoms with Crippen LogP contribution in [-0.2, 0) is 16.0 Å². The van der Waals surface area contributed by atoms with Gasteiger partial charge in [-0.25, -0.2) is 4.79 Å². The number of nitrogens with one attached hydrogen (secondary N) is 1. The lowest BCUT2D eigenvalue weighted by atomic mass is 10.1. The van der Waals surface area contributed by atoms with Crippen molar-refractivity contribution in [1.82, 2.24) is 0 Å². The van der Waals surface area contributed by atoms with E-state index in [9.17, 15) is 9.59 Å². The van der Waals surface area contributed by atoms with Crippen LogP contribution in [0.4, 0.5) is 5.69 Å². The van der Waals surface area contributed by atoms with Crippen molar-refractivity contribution >= 4 is 17.6 Å². The van der Waals surface area contributed by atoms with Crippen LogP contribution in [0.5, 0.6) is 5.75 Å². The summed E-state index contributed by atoms with van der Waals surface area (Å²) in [5.74, 6) is 0.237. The molecule has 0 radical (unpaired) electrons. The number of carbonyl (C=O) groups excluding carboxylic acids is 2. The van der Waals surface area contributed by atoms with Crippen LogP contribution in [0.2, 0.25) is 0 Å². The van der Waals surface area contributed by atoms with E-state index < -0.39 is 5.97 Å². The molecule has 126 valence electrons. The quantitative estimate of drug-likeness (QED) is 0.826. The van der Waals surface area contributed by atoms with E-state index in [1.807, 2.05) is 25.1 Å². The number of amides is 1. The van der Waals surface area contributed by atoms with Crippen LogP contribution < -0.4 is 10.1 Å². The topological polar surface area (TPSA) is 64.6 Å². The van der Waals surface area contributed by atoms with Crippen LogP contribution >= 0.6 is 0 Å². The molecule has 0 aromatic heterocycles. The lowest BCUT2D eigenvalue weighted by Gasteiger charge is -2.09. The number of ether oxygens (including phenoxy) is 2. The second kappa shape index (κ2) is 8.15. The molecule has 0 unspecified atom stereocenters. The highest BCUT2D eigenvalue weighted by atomic mass is 16.5. The van der Waals surface area contributed by atoms with E-state index >= 15 is 0 Å². The van der Waals surface area contributed by atoms with Gasteiger partial charge in [0.25, 0.3) is 0 Å². The van der Waals surface area contributed by atoms with E-state index in [2.05, 4.69) is 5.32 Å². The Kier molecular flexibility index (Phi) is 5.95. The van der Waals surface area contributed by atoms with Crippen LogP contribution in [0.3, 0.4) is 0 Å². The number of benzene rings is 2. The minimum Gasteiger partial charge on any atom is -0.496 e. The van der Waals surface area contributed by atoms with Gasteiger partial charge in [-0.05, 0) is 49.2 Å². The molecule has 0 heterocycles. The van der Waals surface area contributed by atoms with Gasteiger partial charge < -0.3 is 14.8 Å². The van der Waals surface area contributed by atoms with Crippen molar-refractivity contribution in [1.29, 1.82) is 0 Å². The van der Waals surface area contributed by atoms with Crippen LogP contribution in [0.15, 0.2) is 42.5 Å². The second-order valence-electron chi connectivity index (χ2n) is 5.33. The summed E-state index contributed by atoms with van der Waals surface area (Å²) in [6, 6.07) is 12.3. The van der Waals surface area contributed by atoms with Gasteiger partial charge in [0.2, 0.25) is 5.91 Å². The van der Waals surface area contributed by atoms with Gasteiger partial charge in [-0.1, -0.05) is 18.2 Å². The number of rotatable bonds is 6. The molecule has 0 saturated heterocycles. The zero-order valence-corrected chi connectivity index (χ0v) is 14.1. The van der Waals surface area contributed by atoms with E-state index in [0.717, 1.165) is 16.9 Å². The second-order valence-corrected chi connectivity index (χ2v) is 5.33. The Morgan fingerprint density at radius 1 is 1.12 bits per heavy atom. The molecule has 0 bridgehead atoms. The predicted molar refractivity (Wildman–Crippen MR) is 92.5 cm³/mol.